The summed E-state index contributed by atoms with van der Waals surface area (Å²) in [5, 5.41) is 16.7. The Morgan fingerprint density at radius 3 is 2.31 bits per heavy atom. The van der Waals surface area contributed by atoms with E-state index in [2.05, 4.69) is 22.5 Å². The van der Waals surface area contributed by atoms with E-state index < -0.39 is 10.8 Å². The number of nitrogens with zero attached hydrogens (tertiary/aromatic N) is 2. The van der Waals surface area contributed by atoms with Crippen LogP contribution in [0.5, 0.6) is 0 Å². The zero-order chi connectivity index (χ0) is 23.4. The minimum Gasteiger partial charge on any atom is -0.371 e. The number of carbonyl (C=O) groups is 2. The molecule has 0 unspecified atom stereocenters. The first-order chi connectivity index (χ1) is 15.2. The van der Waals surface area contributed by atoms with Crippen LogP contribution in [0.4, 0.5) is 17.1 Å². The van der Waals surface area contributed by atoms with Crippen LogP contribution in [0.3, 0.4) is 0 Å². The minimum absolute atomic E-state index is 0.153. The molecule has 0 spiro atoms. The number of rotatable bonds is 6. The molecule has 2 N–H and O–H groups in total. The monoisotopic (exact) mass is 438 g/mol. The van der Waals surface area contributed by atoms with Crippen molar-refractivity contribution in [2.75, 3.05) is 29.9 Å². The number of non-ortho nitro benzene ring substituents is 1. The summed E-state index contributed by atoms with van der Waals surface area (Å²) in [6.45, 7) is 9.36. The molecule has 2 aromatic carbocycles. The first-order valence-electron chi connectivity index (χ1n) is 10.8. The first kappa shape index (κ1) is 23.2. The largest absolute Gasteiger partial charge is 0.371 e. The zero-order valence-electron chi connectivity index (χ0n) is 19.0. The van der Waals surface area contributed by atoms with Crippen LogP contribution >= 0.6 is 0 Å². The summed E-state index contributed by atoms with van der Waals surface area (Å²) in [7, 11) is 0. The lowest BCUT2D eigenvalue weighted by molar-refractivity contribution is -0.384. The minimum atomic E-state index is -0.519. The third kappa shape index (κ3) is 5.43. The van der Waals surface area contributed by atoms with Crippen LogP contribution in [0.25, 0.3) is 0 Å². The average molecular weight is 439 g/mol. The number of carbonyl (C=O) groups excluding carboxylic acids is 2. The molecule has 1 saturated heterocycles. The number of piperidine rings is 1. The molecular weight excluding hydrogens is 408 g/mol. The van der Waals surface area contributed by atoms with Gasteiger partial charge in [0.1, 0.15) is 0 Å². The average Bonchev–Trinajstić information content (AvgIpc) is 2.74. The molecule has 8 nitrogen and oxygen atoms in total. The smallest absolute Gasteiger partial charge is 0.270 e. The van der Waals surface area contributed by atoms with Gasteiger partial charge in [0.2, 0.25) is 5.91 Å². The van der Waals surface area contributed by atoms with Crippen molar-refractivity contribution in [1.82, 2.24) is 5.32 Å². The van der Waals surface area contributed by atoms with Crippen LogP contribution in [0.2, 0.25) is 0 Å². The molecular formula is C24H30N4O4. The number of nitro groups is 1. The molecule has 8 heteroatoms. The number of hydrogen-bond donors (Lipinski definition) is 2. The molecule has 0 atom stereocenters. The molecule has 0 bridgehead atoms. The topological polar surface area (TPSA) is 105 Å². The predicted molar refractivity (Wildman–Crippen MR) is 125 cm³/mol. The summed E-state index contributed by atoms with van der Waals surface area (Å²) in [5.74, 6) is -0.249. The molecule has 0 aliphatic carbocycles. The summed E-state index contributed by atoms with van der Waals surface area (Å²) in [6.07, 6.45) is 1.99. The fourth-order valence-electron chi connectivity index (χ4n) is 4.16. The highest BCUT2D eigenvalue weighted by Crippen LogP contribution is 2.29. The van der Waals surface area contributed by atoms with Crippen LogP contribution in [-0.2, 0) is 4.79 Å². The van der Waals surface area contributed by atoms with Gasteiger partial charge >= 0.3 is 0 Å². The highest BCUT2D eigenvalue weighted by molar-refractivity contribution is 6.03. The van der Waals surface area contributed by atoms with Gasteiger partial charge in [0.05, 0.1) is 22.7 Å². The number of benzene rings is 2. The van der Waals surface area contributed by atoms with E-state index in [4.69, 9.17) is 0 Å². The van der Waals surface area contributed by atoms with Crippen LogP contribution < -0.4 is 15.5 Å². The Labute approximate surface area is 188 Å². The highest BCUT2D eigenvalue weighted by atomic mass is 16.6. The SMILES string of the molecule is Cc1cc(C)c(NC(=O)CNC(=O)c2cc([N+](=O)[O-])ccc2N2CCC(C)CC2)c(C)c1. The fourth-order valence-corrected chi connectivity index (χ4v) is 4.16. The Morgan fingerprint density at radius 2 is 1.72 bits per heavy atom. The van der Waals surface area contributed by atoms with Gasteiger partial charge in [-0.15, -0.1) is 0 Å². The van der Waals surface area contributed by atoms with Crippen molar-refractivity contribution < 1.29 is 14.5 Å². The number of aryl methyl sites for hydroxylation is 3. The Bertz CT molecular complexity index is 1020. The van der Waals surface area contributed by atoms with E-state index in [1.807, 2.05) is 32.9 Å². The second-order valence-corrected chi connectivity index (χ2v) is 8.63. The van der Waals surface area contributed by atoms with Crippen molar-refractivity contribution in [1.29, 1.82) is 0 Å². The zero-order valence-corrected chi connectivity index (χ0v) is 19.0. The Kier molecular flexibility index (Phi) is 7.12. The summed E-state index contributed by atoms with van der Waals surface area (Å²) in [5.41, 5.74) is 4.45. The summed E-state index contributed by atoms with van der Waals surface area (Å²) in [6, 6.07) is 8.29. The Balaban J connectivity index is 1.74. The predicted octanol–water partition coefficient (Wildman–Crippen LogP) is 4.12. The summed E-state index contributed by atoms with van der Waals surface area (Å²) < 4.78 is 0. The van der Waals surface area contributed by atoms with E-state index in [9.17, 15) is 19.7 Å². The van der Waals surface area contributed by atoms with Crippen molar-refractivity contribution in [2.24, 2.45) is 5.92 Å². The number of nitrogens with one attached hydrogen (secondary N) is 2. The first-order valence-corrected chi connectivity index (χ1v) is 10.8. The quantitative estimate of drug-likeness (QED) is 0.521. The number of anilines is 2. The van der Waals surface area contributed by atoms with E-state index >= 15 is 0 Å². The van der Waals surface area contributed by atoms with E-state index in [1.165, 1.54) is 12.1 Å². The van der Waals surface area contributed by atoms with Crippen LogP contribution in [0.1, 0.15) is 46.8 Å². The Hall–Kier alpha value is -3.42. The molecule has 0 saturated carbocycles. The standard InChI is InChI=1S/C24H30N4O4/c1-15-7-9-27(10-8-15)21-6-5-19(28(31)32)13-20(21)24(30)25-14-22(29)26-23-17(3)11-16(2)12-18(23)4/h5-6,11-13,15H,7-10,14H2,1-4H3,(H,25,30)(H,26,29). The van der Waals surface area contributed by atoms with Gasteiger partial charge in [0.25, 0.3) is 11.6 Å². The molecule has 1 fully saturated rings. The van der Waals surface area contributed by atoms with Crippen molar-refractivity contribution in [3.05, 3.63) is 62.7 Å². The molecule has 170 valence electrons. The molecule has 1 heterocycles. The second kappa shape index (κ2) is 9.80. The lowest BCUT2D eigenvalue weighted by atomic mass is 9.98. The van der Waals surface area contributed by atoms with Gasteiger partial charge in [0.15, 0.2) is 0 Å². The third-order valence-corrected chi connectivity index (χ3v) is 5.91. The number of hydrogen-bond acceptors (Lipinski definition) is 5. The second-order valence-electron chi connectivity index (χ2n) is 8.63. The van der Waals surface area contributed by atoms with Gasteiger partial charge in [-0.05, 0) is 56.7 Å². The van der Waals surface area contributed by atoms with Gasteiger partial charge in [-0.1, -0.05) is 24.6 Å². The van der Waals surface area contributed by atoms with Crippen molar-refractivity contribution in [3.8, 4) is 0 Å². The normalized spacial score (nSPS) is 14.2. The lowest BCUT2D eigenvalue weighted by Crippen LogP contribution is -2.37. The number of nitro benzene ring substituents is 1. The van der Waals surface area contributed by atoms with Crippen molar-refractivity contribution in [2.45, 2.75) is 40.5 Å². The van der Waals surface area contributed by atoms with E-state index in [-0.39, 0.29) is 23.7 Å². The van der Waals surface area contributed by atoms with Crippen molar-refractivity contribution >= 4 is 28.9 Å². The molecule has 3 rings (SSSR count). The maximum atomic E-state index is 12.9. The number of amides is 2. The van der Waals surface area contributed by atoms with Gasteiger partial charge in [0, 0.05) is 30.9 Å². The maximum absolute atomic E-state index is 12.9. The van der Waals surface area contributed by atoms with E-state index in [1.54, 1.807) is 6.07 Å². The lowest BCUT2D eigenvalue weighted by Gasteiger charge is -2.33. The van der Waals surface area contributed by atoms with Crippen LogP contribution in [0, 0.1) is 36.8 Å². The summed E-state index contributed by atoms with van der Waals surface area (Å²) in [4.78, 5) is 38.3. The van der Waals surface area contributed by atoms with Crippen LogP contribution in [0.15, 0.2) is 30.3 Å². The Morgan fingerprint density at radius 1 is 1.09 bits per heavy atom. The van der Waals surface area contributed by atoms with Gasteiger partial charge < -0.3 is 15.5 Å². The molecule has 1 aliphatic rings. The summed E-state index contributed by atoms with van der Waals surface area (Å²) >= 11 is 0. The van der Waals surface area contributed by atoms with Gasteiger partial charge in [-0.3, -0.25) is 19.7 Å². The van der Waals surface area contributed by atoms with Crippen LogP contribution in [-0.4, -0.2) is 36.4 Å². The molecule has 0 radical (unpaired) electrons. The van der Waals surface area contributed by atoms with E-state index in [0.29, 0.717) is 11.6 Å². The maximum Gasteiger partial charge on any atom is 0.270 e. The molecule has 2 amide bonds. The van der Waals surface area contributed by atoms with Gasteiger partial charge in [-0.2, -0.15) is 0 Å². The van der Waals surface area contributed by atoms with E-state index in [0.717, 1.165) is 48.3 Å². The third-order valence-electron chi connectivity index (χ3n) is 5.91. The molecule has 32 heavy (non-hydrogen) atoms. The van der Waals surface area contributed by atoms with Crippen molar-refractivity contribution in [3.63, 3.8) is 0 Å². The molecule has 0 aromatic heterocycles. The highest BCUT2D eigenvalue weighted by Gasteiger charge is 2.24. The fraction of sp³-hybridized carbons (Fsp3) is 0.417. The van der Waals surface area contributed by atoms with Gasteiger partial charge in [-0.25, -0.2) is 0 Å². The molecule has 2 aromatic rings. The molecule has 1 aliphatic heterocycles.